The fourth-order valence-electron chi connectivity index (χ4n) is 1.57. The van der Waals surface area contributed by atoms with Crippen LogP contribution >= 0.6 is 11.8 Å². The third-order valence-electron chi connectivity index (χ3n) is 2.42. The molecular formula is C14H21NO2S. The molecule has 1 atom stereocenters. The molecule has 0 bridgehead atoms. The summed E-state index contributed by atoms with van der Waals surface area (Å²) in [6, 6.07) is 10.1. The molecule has 0 saturated heterocycles. The monoisotopic (exact) mass is 267 g/mol. The molecule has 0 spiro atoms. The van der Waals surface area contributed by atoms with Crippen molar-refractivity contribution in [1.29, 1.82) is 0 Å². The summed E-state index contributed by atoms with van der Waals surface area (Å²) < 4.78 is 5.04. The SMILES string of the molecule is CCNC(CSCc1ccccc1)C(=O)OCC. The molecule has 3 nitrogen and oxygen atoms in total. The predicted molar refractivity (Wildman–Crippen MR) is 76.7 cm³/mol. The van der Waals surface area contributed by atoms with E-state index in [1.807, 2.05) is 32.0 Å². The number of hydrogen-bond acceptors (Lipinski definition) is 4. The fourth-order valence-corrected chi connectivity index (χ4v) is 2.60. The summed E-state index contributed by atoms with van der Waals surface area (Å²) in [6.07, 6.45) is 0. The molecule has 0 radical (unpaired) electrons. The van der Waals surface area contributed by atoms with E-state index in [9.17, 15) is 4.79 Å². The highest BCUT2D eigenvalue weighted by Crippen LogP contribution is 2.13. The van der Waals surface area contributed by atoms with Crippen LogP contribution < -0.4 is 5.32 Å². The van der Waals surface area contributed by atoms with Gasteiger partial charge >= 0.3 is 5.97 Å². The average molecular weight is 267 g/mol. The minimum absolute atomic E-state index is 0.153. The Morgan fingerprint density at radius 2 is 2.06 bits per heavy atom. The summed E-state index contributed by atoms with van der Waals surface area (Å²) >= 11 is 1.75. The Hall–Kier alpha value is -1.00. The molecule has 0 aromatic heterocycles. The van der Waals surface area contributed by atoms with E-state index in [2.05, 4.69) is 17.4 Å². The smallest absolute Gasteiger partial charge is 0.323 e. The minimum Gasteiger partial charge on any atom is -0.465 e. The molecule has 1 aromatic rings. The fraction of sp³-hybridized carbons (Fsp3) is 0.500. The third kappa shape index (κ3) is 5.56. The zero-order chi connectivity index (χ0) is 13.2. The lowest BCUT2D eigenvalue weighted by molar-refractivity contribution is -0.144. The first kappa shape index (κ1) is 15.1. The minimum atomic E-state index is -0.205. The van der Waals surface area contributed by atoms with Gasteiger partial charge in [0.15, 0.2) is 0 Å². The Morgan fingerprint density at radius 3 is 2.67 bits per heavy atom. The molecule has 0 heterocycles. The molecule has 1 unspecified atom stereocenters. The Bertz CT molecular complexity index is 343. The van der Waals surface area contributed by atoms with Gasteiger partial charge in [0.1, 0.15) is 6.04 Å². The number of likely N-dealkylation sites (N-methyl/N-ethyl adjacent to an activating group) is 1. The van der Waals surface area contributed by atoms with Crippen LogP contribution in [0.25, 0.3) is 0 Å². The highest BCUT2D eigenvalue weighted by Gasteiger charge is 2.18. The second kappa shape index (κ2) is 9.00. The molecule has 1 aromatic carbocycles. The van der Waals surface area contributed by atoms with Crippen molar-refractivity contribution >= 4 is 17.7 Å². The van der Waals surface area contributed by atoms with Gasteiger partial charge in [-0.05, 0) is 19.0 Å². The quantitative estimate of drug-likeness (QED) is 0.734. The highest BCUT2D eigenvalue weighted by atomic mass is 32.2. The van der Waals surface area contributed by atoms with Crippen molar-refractivity contribution in [2.45, 2.75) is 25.6 Å². The predicted octanol–water partition coefficient (Wildman–Crippen LogP) is 2.46. The van der Waals surface area contributed by atoms with E-state index in [0.717, 1.165) is 18.1 Å². The second-order valence-corrected chi connectivity index (χ2v) is 4.89. The van der Waals surface area contributed by atoms with Gasteiger partial charge in [0.25, 0.3) is 0 Å². The van der Waals surface area contributed by atoms with E-state index in [0.29, 0.717) is 6.61 Å². The van der Waals surface area contributed by atoms with Crippen LogP contribution in [0.3, 0.4) is 0 Å². The summed E-state index contributed by atoms with van der Waals surface area (Å²) in [7, 11) is 0. The van der Waals surface area contributed by atoms with Crippen LogP contribution in [0, 0.1) is 0 Å². The van der Waals surface area contributed by atoms with Gasteiger partial charge in [-0.1, -0.05) is 37.3 Å². The van der Waals surface area contributed by atoms with Crippen molar-refractivity contribution in [3.05, 3.63) is 35.9 Å². The van der Waals surface area contributed by atoms with Gasteiger partial charge in [-0.15, -0.1) is 0 Å². The molecule has 0 fully saturated rings. The lowest BCUT2D eigenvalue weighted by Gasteiger charge is -2.15. The Kier molecular flexibility index (Phi) is 7.53. The summed E-state index contributed by atoms with van der Waals surface area (Å²) in [5.74, 6) is 1.50. The molecule has 0 saturated carbocycles. The molecule has 0 amide bonds. The Balaban J connectivity index is 2.35. The summed E-state index contributed by atoms with van der Waals surface area (Å²) in [5.41, 5.74) is 1.28. The lowest BCUT2D eigenvalue weighted by Crippen LogP contribution is -2.40. The molecule has 18 heavy (non-hydrogen) atoms. The van der Waals surface area contributed by atoms with Crippen molar-refractivity contribution in [3.63, 3.8) is 0 Å². The molecule has 0 aliphatic rings. The first-order valence-electron chi connectivity index (χ1n) is 6.29. The molecule has 0 aliphatic carbocycles. The van der Waals surface area contributed by atoms with Crippen LogP contribution in [0.2, 0.25) is 0 Å². The van der Waals surface area contributed by atoms with Gasteiger partial charge < -0.3 is 10.1 Å². The number of esters is 1. The molecule has 0 aliphatic heterocycles. The lowest BCUT2D eigenvalue weighted by atomic mass is 10.2. The molecule has 1 N–H and O–H groups in total. The summed E-state index contributed by atoms with van der Waals surface area (Å²) in [4.78, 5) is 11.7. The number of nitrogens with one attached hydrogen (secondary N) is 1. The average Bonchev–Trinajstić information content (AvgIpc) is 2.39. The van der Waals surface area contributed by atoms with Crippen LogP contribution in [0.15, 0.2) is 30.3 Å². The molecule has 4 heteroatoms. The summed E-state index contributed by atoms with van der Waals surface area (Å²) in [5, 5.41) is 3.16. The largest absolute Gasteiger partial charge is 0.465 e. The van der Waals surface area contributed by atoms with E-state index in [4.69, 9.17) is 4.74 Å². The van der Waals surface area contributed by atoms with Crippen molar-refractivity contribution in [3.8, 4) is 0 Å². The Labute approximate surface area is 113 Å². The zero-order valence-corrected chi connectivity index (χ0v) is 11.8. The van der Waals surface area contributed by atoms with E-state index >= 15 is 0 Å². The van der Waals surface area contributed by atoms with Crippen molar-refractivity contribution < 1.29 is 9.53 Å². The van der Waals surface area contributed by atoms with E-state index in [1.165, 1.54) is 5.56 Å². The maximum absolute atomic E-state index is 11.7. The molecular weight excluding hydrogens is 246 g/mol. The van der Waals surface area contributed by atoms with Gasteiger partial charge in [-0.2, -0.15) is 11.8 Å². The third-order valence-corrected chi connectivity index (χ3v) is 3.52. The topological polar surface area (TPSA) is 38.3 Å². The number of ether oxygens (including phenoxy) is 1. The van der Waals surface area contributed by atoms with E-state index < -0.39 is 0 Å². The van der Waals surface area contributed by atoms with Crippen LogP contribution in [-0.2, 0) is 15.3 Å². The van der Waals surface area contributed by atoms with E-state index in [1.54, 1.807) is 11.8 Å². The highest BCUT2D eigenvalue weighted by molar-refractivity contribution is 7.98. The number of benzene rings is 1. The van der Waals surface area contributed by atoms with Crippen molar-refractivity contribution in [1.82, 2.24) is 5.32 Å². The number of hydrogen-bond donors (Lipinski definition) is 1. The van der Waals surface area contributed by atoms with Gasteiger partial charge in [-0.25, -0.2) is 0 Å². The maximum atomic E-state index is 11.7. The van der Waals surface area contributed by atoms with Crippen molar-refractivity contribution in [2.24, 2.45) is 0 Å². The van der Waals surface area contributed by atoms with Gasteiger partial charge in [0.2, 0.25) is 0 Å². The number of carbonyl (C=O) groups is 1. The molecule has 100 valence electrons. The van der Waals surface area contributed by atoms with Gasteiger partial charge in [0.05, 0.1) is 6.61 Å². The maximum Gasteiger partial charge on any atom is 0.323 e. The van der Waals surface area contributed by atoms with Crippen LogP contribution in [0.1, 0.15) is 19.4 Å². The normalized spacial score (nSPS) is 12.1. The molecule has 1 rings (SSSR count). The van der Waals surface area contributed by atoms with E-state index in [-0.39, 0.29) is 12.0 Å². The zero-order valence-electron chi connectivity index (χ0n) is 11.0. The first-order valence-corrected chi connectivity index (χ1v) is 7.45. The van der Waals surface area contributed by atoms with Crippen LogP contribution in [-0.4, -0.2) is 30.9 Å². The first-order chi connectivity index (χ1) is 8.77. The Morgan fingerprint density at radius 1 is 1.33 bits per heavy atom. The second-order valence-electron chi connectivity index (χ2n) is 3.86. The van der Waals surface area contributed by atoms with Crippen LogP contribution in [0.4, 0.5) is 0 Å². The number of carbonyl (C=O) groups excluding carboxylic acids is 1. The van der Waals surface area contributed by atoms with Crippen LogP contribution in [0.5, 0.6) is 0 Å². The number of thioether (sulfide) groups is 1. The van der Waals surface area contributed by atoms with Gasteiger partial charge in [-0.3, -0.25) is 4.79 Å². The number of rotatable bonds is 8. The standard InChI is InChI=1S/C14H21NO2S/c1-3-15-13(14(16)17-4-2)11-18-10-12-8-6-5-7-9-12/h5-9,13,15H,3-4,10-11H2,1-2H3. The van der Waals surface area contributed by atoms with Crippen molar-refractivity contribution in [2.75, 3.05) is 18.9 Å². The van der Waals surface area contributed by atoms with Gasteiger partial charge in [0, 0.05) is 11.5 Å². The summed E-state index contributed by atoms with van der Waals surface area (Å²) in [6.45, 7) is 5.03.